The van der Waals surface area contributed by atoms with Crippen molar-refractivity contribution in [2.75, 3.05) is 5.32 Å². The summed E-state index contributed by atoms with van der Waals surface area (Å²) in [5.41, 5.74) is 1.48. The fourth-order valence-electron chi connectivity index (χ4n) is 1.85. The predicted octanol–water partition coefficient (Wildman–Crippen LogP) is 3.23. The van der Waals surface area contributed by atoms with Gasteiger partial charge in [-0.05, 0) is 24.3 Å². The quantitative estimate of drug-likeness (QED) is 0.779. The van der Waals surface area contributed by atoms with Gasteiger partial charge in [0.15, 0.2) is 5.69 Å². The van der Waals surface area contributed by atoms with Gasteiger partial charge in [0.1, 0.15) is 0 Å². The Balaban J connectivity index is 1.88. The molecule has 0 aliphatic rings. The van der Waals surface area contributed by atoms with E-state index in [1.807, 2.05) is 30.3 Å². The lowest BCUT2D eigenvalue weighted by Crippen LogP contribution is -2.15. The molecule has 1 heterocycles. The highest BCUT2D eigenvalue weighted by Crippen LogP contribution is 2.16. The first-order valence-electron chi connectivity index (χ1n) is 6.27. The number of halogens is 1. The van der Waals surface area contributed by atoms with Gasteiger partial charge in [0.05, 0.1) is 0 Å². The Morgan fingerprint density at radius 2 is 1.67 bits per heavy atom. The standard InChI is InChI=1S/C15H11ClN4O/c16-11-6-8-12(9-7-11)17-15-18-14(21)13(19-20-15)10-4-2-1-3-5-10/h1-9H,(H2,17,18,20,21). The van der Waals surface area contributed by atoms with E-state index in [4.69, 9.17) is 11.6 Å². The van der Waals surface area contributed by atoms with Crippen LogP contribution >= 0.6 is 11.6 Å². The number of rotatable bonds is 3. The van der Waals surface area contributed by atoms with Gasteiger partial charge in [0, 0.05) is 16.3 Å². The van der Waals surface area contributed by atoms with Crippen molar-refractivity contribution in [1.29, 1.82) is 0 Å². The Morgan fingerprint density at radius 3 is 2.33 bits per heavy atom. The zero-order valence-electron chi connectivity index (χ0n) is 10.9. The molecule has 104 valence electrons. The van der Waals surface area contributed by atoms with Crippen LogP contribution in [0.1, 0.15) is 0 Å². The number of nitrogens with zero attached hydrogens (tertiary/aromatic N) is 2. The number of nitrogens with one attached hydrogen (secondary N) is 2. The van der Waals surface area contributed by atoms with Crippen molar-refractivity contribution in [2.24, 2.45) is 0 Å². The first kappa shape index (κ1) is 13.3. The lowest BCUT2D eigenvalue weighted by Gasteiger charge is -2.05. The van der Waals surface area contributed by atoms with Gasteiger partial charge < -0.3 is 5.32 Å². The number of aromatic amines is 1. The molecular weight excluding hydrogens is 288 g/mol. The lowest BCUT2D eigenvalue weighted by molar-refractivity contribution is 0.962. The Kier molecular flexibility index (Phi) is 3.66. The van der Waals surface area contributed by atoms with Gasteiger partial charge in [-0.2, -0.15) is 0 Å². The summed E-state index contributed by atoms with van der Waals surface area (Å²) in [5, 5.41) is 11.6. The van der Waals surface area contributed by atoms with Crippen molar-refractivity contribution in [3.8, 4) is 11.3 Å². The van der Waals surface area contributed by atoms with E-state index in [0.29, 0.717) is 5.02 Å². The summed E-state index contributed by atoms with van der Waals surface area (Å²) in [7, 11) is 0. The molecule has 0 amide bonds. The van der Waals surface area contributed by atoms with Crippen LogP contribution in [0.15, 0.2) is 59.4 Å². The van der Waals surface area contributed by atoms with Crippen molar-refractivity contribution >= 4 is 23.2 Å². The predicted molar refractivity (Wildman–Crippen MR) is 82.8 cm³/mol. The maximum atomic E-state index is 12.1. The zero-order valence-corrected chi connectivity index (χ0v) is 11.6. The monoisotopic (exact) mass is 298 g/mol. The van der Waals surface area contributed by atoms with Crippen molar-refractivity contribution in [3.05, 3.63) is 70.0 Å². The van der Waals surface area contributed by atoms with E-state index in [1.165, 1.54) is 0 Å². The third kappa shape index (κ3) is 3.09. The molecule has 0 bridgehead atoms. The topological polar surface area (TPSA) is 70.7 Å². The number of hydrogen-bond acceptors (Lipinski definition) is 4. The Morgan fingerprint density at radius 1 is 0.952 bits per heavy atom. The molecule has 0 saturated heterocycles. The number of benzene rings is 2. The van der Waals surface area contributed by atoms with E-state index >= 15 is 0 Å². The van der Waals surface area contributed by atoms with Crippen LogP contribution in [0, 0.1) is 0 Å². The van der Waals surface area contributed by atoms with Crippen LogP contribution in [-0.4, -0.2) is 15.2 Å². The fourth-order valence-corrected chi connectivity index (χ4v) is 1.97. The summed E-state index contributed by atoms with van der Waals surface area (Å²) in [5.74, 6) is 0.280. The number of H-pyrrole nitrogens is 1. The average molecular weight is 299 g/mol. The molecule has 3 aromatic rings. The van der Waals surface area contributed by atoms with Crippen LogP contribution in [-0.2, 0) is 0 Å². The minimum Gasteiger partial charge on any atom is -0.324 e. The van der Waals surface area contributed by atoms with E-state index in [1.54, 1.807) is 24.3 Å². The summed E-state index contributed by atoms with van der Waals surface area (Å²) in [6, 6.07) is 16.2. The summed E-state index contributed by atoms with van der Waals surface area (Å²) in [6.45, 7) is 0. The van der Waals surface area contributed by atoms with Crippen LogP contribution in [0.2, 0.25) is 5.02 Å². The molecule has 0 unspecified atom stereocenters. The molecule has 0 spiro atoms. The third-order valence-corrected chi connectivity index (χ3v) is 3.10. The van der Waals surface area contributed by atoms with Gasteiger partial charge in [-0.25, -0.2) is 0 Å². The maximum absolute atomic E-state index is 12.1. The van der Waals surface area contributed by atoms with Crippen molar-refractivity contribution < 1.29 is 0 Å². The molecule has 0 fully saturated rings. The SMILES string of the molecule is O=c1[nH]c(Nc2ccc(Cl)cc2)nnc1-c1ccccc1. The summed E-state index contributed by atoms with van der Waals surface area (Å²) >= 11 is 5.81. The normalized spacial score (nSPS) is 10.3. The van der Waals surface area contributed by atoms with Crippen LogP contribution < -0.4 is 10.9 Å². The highest BCUT2D eigenvalue weighted by Gasteiger charge is 2.07. The largest absolute Gasteiger partial charge is 0.324 e. The Labute approximate surface area is 125 Å². The van der Waals surface area contributed by atoms with Gasteiger partial charge >= 0.3 is 0 Å². The maximum Gasteiger partial charge on any atom is 0.279 e. The average Bonchev–Trinajstić information content (AvgIpc) is 2.51. The molecule has 0 saturated carbocycles. The van der Waals surface area contributed by atoms with Gasteiger partial charge in [-0.3, -0.25) is 9.78 Å². The van der Waals surface area contributed by atoms with E-state index in [2.05, 4.69) is 20.5 Å². The van der Waals surface area contributed by atoms with Crippen LogP contribution in [0.5, 0.6) is 0 Å². The number of anilines is 2. The molecule has 1 aromatic heterocycles. The second kappa shape index (κ2) is 5.76. The molecule has 3 rings (SSSR count). The summed E-state index contributed by atoms with van der Waals surface area (Å²) in [6.07, 6.45) is 0. The van der Waals surface area contributed by atoms with E-state index in [-0.39, 0.29) is 17.2 Å². The third-order valence-electron chi connectivity index (χ3n) is 2.85. The van der Waals surface area contributed by atoms with Gasteiger partial charge in [0.25, 0.3) is 5.56 Å². The van der Waals surface area contributed by atoms with E-state index < -0.39 is 0 Å². The second-order valence-corrected chi connectivity index (χ2v) is 4.79. The Bertz CT molecular complexity index is 800. The molecule has 5 nitrogen and oxygen atoms in total. The molecule has 0 aliphatic heterocycles. The fraction of sp³-hybridized carbons (Fsp3) is 0. The molecule has 0 radical (unpaired) electrons. The minimum absolute atomic E-state index is 0.280. The number of aromatic nitrogens is 3. The first-order valence-corrected chi connectivity index (χ1v) is 6.65. The smallest absolute Gasteiger partial charge is 0.279 e. The van der Waals surface area contributed by atoms with Crippen molar-refractivity contribution in [3.63, 3.8) is 0 Å². The highest BCUT2D eigenvalue weighted by molar-refractivity contribution is 6.30. The van der Waals surface area contributed by atoms with Gasteiger partial charge in [0.2, 0.25) is 5.95 Å². The van der Waals surface area contributed by atoms with Crippen LogP contribution in [0.3, 0.4) is 0 Å². The minimum atomic E-state index is -0.298. The van der Waals surface area contributed by atoms with Crippen molar-refractivity contribution in [1.82, 2.24) is 15.2 Å². The number of hydrogen-bond donors (Lipinski definition) is 2. The second-order valence-electron chi connectivity index (χ2n) is 4.35. The molecular formula is C15H11ClN4O. The van der Waals surface area contributed by atoms with E-state index in [9.17, 15) is 4.79 Å². The van der Waals surface area contributed by atoms with E-state index in [0.717, 1.165) is 11.3 Å². The van der Waals surface area contributed by atoms with Crippen molar-refractivity contribution in [2.45, 2.75) is 0 Å². The van der Waals surface area contributed by atoms with Gasteiger partial charge in [-0.1, -0.05) is 41.9 Å². The molecule has 2 aromatic carbocycles. The summed E-state index contributed by atoms with van der Waals surface area (Å²) in [4.78, 5) is 14.7. The van der Waals surface area contributed by atoms with Gasteiger partial charge in [-0.15, -0.1) is 10.2 Å². The lowest BCUT2D eigenvalue weighted by atomic mass is 10.2. The molecule has 2 N–H and O–H groups in total. The van der Waals surface area contributed by atoms with Crippen LogP contribution in [0.25, 0.3) is 11.3 Å². The van der Waals surface area contributed by atoms with Crippen LogP contribution in [0.4, 0.5) is 11.6 Å². The first-order chi connectivity index (χ1) is 10.2. The molecule has 0 atom stereocenters. The molecule has 0 aliphatic carbocycles. The molecule has 6 heteroatoms. The highest BCUT2D eigenvalue weighted by atomic mass is 35.5. The molecule has 21 heavy (non-hydrogen) atoms. The summed E-state index contributed by atoms with van der Waals surface area (Å²) < 4.78 is 0. The Hall–Kier alpha value is -2.66. The zero-order chi connectivity index (χ0) is 14.7.